The lowest BCUT2D eigenvalue weighted by molar-refractivity contribution is -0.144. The van der Waals surface area contributed by atoms with Crippen molar-refractivity contribution >= 4 is 29.4 Å². The molecule has 9 nitrogen and oxygen atoms in total. The molecule has 2 saturated heterocycles. The molecule has 3 N–H and O–H groups in total. The van der Waals surface area contributed by atoms with E-state index in [1.54, 1.807) is 31.7 Å². The molecule has 0 aromatic heterocycles. The van der Waals surface area contributed by atoms with Gasteiger partial charge >= 0.3 is 0 Å². The summed E-state index contributed by atoms with van der Waals surface area (Å²) in [5.41, 5.74) is -0.387. The third-order valence-electron chi connectivity index (χ3n) is 7.48. The van der Waals surface area contributed by atoms with Crippen molar-refractivity contribution in [1.29, 1.82) is 0 Å². The second-order valence-electron chi connectivity index (χ2n) is 10.3. The van der Waals surface area contributed by atoms with E-state index in [1.165, 1.54) is 6.08 Å². The Morgan fingerprint density at radius 2 is 1.79 bits per heavy atom. The molecular weight excluding hydrogens is 484 g/mol. The molecule has 1 aromatic carbocycles. The van der Waals surface area contributed by atoms with E-state index in [1.807, 2.05) is 30.3 Å². The van der Waals surface area contributed by atoms with Crippen molar-refractivity contribution in [1.82, 2.24) is 20.9 Å². The van der Waals surface area contributed by atoms with Gasteiger partial charge in [0.2, 0.25) is 23.6 Å². The number of nitrogens with zero attached hydrogens (tertiary/aromatic N) is 1. The van der Waals surface area contributed by atoms with Crippen LogP contribution >= 0.6 is 0 Å². The van der Waals surface area contributed by atoms with Gasteiger partial charge in [0.05, 0.1) is 0 Å². The number of fused-ring (bicyclic) bond motifs is 1. The number of amides is 4. The number of ketones is 1. The second-order valence-corrected chi connectivity index (χ2v) is 10.3. The second kappa shape index (κ2) is 13.3. The van der Waals surface area contributed by atoms with Gasteiger partial charge in [0.1, 0.15) is 23.7 Å². The van der Waals surface area contributed by atoms with Crippen LogP contribution in [0.15, 0.2) is 42.5 Å². The predicted octanol–water partition coefficient (Wildman–Crippen LogP) is 2.19. The van der Waals surface area contributed by atoms with Crippen molar-refractivity contribution in [3.63, 3.8) is 0 Å². The number of nitrogens with one attached hydrogen (secondary N) is 3. The normalized spacial score (nSPS) is 26.7. The number of unbranched alkanes of at least 4 members (excludes halogenated alkanes) is 1. The maximum Gasteiger partial charge on any atom is 0.246 e. The van der Waals surface area contributed by atoms with Gasteiger partial charge in [-0.05, 0) is 57.1 Å². The first kappa shape index (κ1) is 29.1. The summed E-state index contributed by atoms with van der Waals surface area (Å²) in [4.78, 5) is 67.0. The Bertz CT molecular complexity index is 1060. The van der Waals surface area contributed by atoms with Crippen molar-refractivity contribution < 1.29 is 24.0 Å². The number of rotatable bonds is 9. The average molecular weight is 525 g/mol. The first-order valence-electron chi connectivity index (χ1n) is 13.7. The molecule has 38 heavy (non-hydrogen) atoms. The van der Waals surface area contributed by atoms with Crippen LogP contribution in [0, 0.1) is 0 Å². The summed E-state index contributed by atoms with van der Waals surface area (Å²) in [6.45, 7) is 5.63. The number of benzene rings is 1. The molecule has 0 bridgehead atoms. The van der Waals surface area contributed by atoms with Crippen LogP contribution in [0.2, 0.25) is 0 Å². The quantitative estimate of drug-likeness (QED) is 0.337. The zero-order valence-electron chi connectivity index (χ0n) is 22.6. The van der Waals surface area contributed by atoms with Crippen LogP contribution in [0.25, 0.3) is 0 Å². The van der Waals surface area contributed by atoms with E-state index in [0.29, 0.717) is 51.5 Å². The minimum atomic E-state index is -1.27. The molecule has 1 aromatic rings. The Morgan fingerprint density at radius 3 is 2.47 bits per heavy atom. The van der Waals surface area contributed by atoms with E-state index in [4.69, 9.17) is 0 Å². The molecule has 0 spiro atoms. The van der Waals surface area contributed by atoms with Gasteiger partial charge in [-0.3, -0.25) is 24.0 Å². The number of hydrogen-bond acceptors (Lipinski definition) is 5. The van der Waals surface area contributed by atoms with Crippen LogP contribution in [0.1, 0.15) is 71.3 Å². The minimum absolute atomic E-state index is 0.0309. The Balaban J connectivity index is 1.86. The lowest BCUT2D eigenvalue weighted by Gasteiger charge is -2.35. The summed E-state index contributed by atoms with van der Waals surface area (Å²) in [7, 11) is 0. The molecule has 2 fully saturated rings. The van der Waals surface area contributed by atoms with Crippen molar-refractivity contribution in [2.75, 3.05) is 6.54 Å². The first-order chi connectivity index (χ1) is 18.2. The van der Waals surface area contributed by atoms with Crippen LogP contribution in [0.3, 0.4) is 0 Å². The molecule has 0 aliphatic carbocycles. The van der Waals surface area contributed by atoms with Crippen molar-refractivity contribution in [3.8, 4) is 0 Å². The van der Waals surface area contributed by atoms with Crippen LogP contribution in [-0.2, 0) is 30.4 Å². The van der Waals surface area contributed by atoms with Crippen LogP contribution in [0.4, 0.5) is 0 Å². The molecule has 4 atom stereocenters. The summed E-state index contributed by atoms with van der Waals surface area (Å²) in [5.74, 6) is -1.51. The Morgan fingerprint density at radius 1 is 1.05 bits per heavy atom. The average Bonchev–Trinajstić information content (AvgIpc) is 3.41. The highest BCUT2D eigenvalue weighted by Crippen LogP contribution is 2.22. The predicted molar refractivity (Wildman–Crippen MR) is 144 cm³/mol. The van der Waals surface area contributed by atoms with Gasteiger partial charge in [0.15, 0.2) is 5.78 Å². The molecule has 0 unspecified atom stereocenters. The van der Waals surface area contributed by atoms with Crippen molar-refractivity contribution in [2.45, 2.75) is 95.8 Å². The number of carbonyl (C=O) groups excluding carboxylic acids is 5. The minimum Gasteiger partial charge on any atom is -0.343 e. The fourth-order valence-corrected chi connectivity index (χ4v) is 4.84. The third kappa shape index (κ3) is 7.30. The van der Waals surface area contributed by atoms with E-state index in [0.717, 1.165) is 5.56 Å². The maximum atomic E-state index is 13.7. The molecule has 2 aliphatic rings. The molecule has 9 heteroatoms. The fraction of sp³-hybridized carbons (Fsp3) is 0.552. The molecule has 2 aliphatic heterocycles. The number of carbonyl (C=O) groups is 5. The largest absolute Gasteiger partial charge is 0.343 e. The summed E-state index contributed by atoms with van der Waals surface area (Å²) in [6.07, 6.45) is 6.94. The van der Waals surface area contributed by atoms with Crippen LogP contribution < -0.4 is 16.0 Å². The molecule has 3 rings (SSSR count). The third-order valence-corrected chi connectivity index (χ3v) is 7.48. The molecule has 2 heterocycles. The van der Waals surface area contributed by atoms with Crippen molar-refractivity contribution in [2.24, 2.45) is 0 Å². The van der Waals surface area contributed by atoms with E-state index in [2.05, 4.69) is 16.0 Å². The van der Waals surface area contributed by atoms with Gasteiger partial charge in [0.25, 0.3) is 0 Å². The van der Waals surface area contributed by atoms with E-state index >= 15 is 0 Å². The molecule has 206 valence electrons. The zero-order chi connectivity index (χ0) is 27.7. The van der Waals surface area contributed by atoms with Crippen LogP contribution in [0.5, 0.6) is 0 Å². The fourth-order valence-electron chi connectivity index (χ4n) is 4.84. The van der Waals surface area contributed by atoms with Gasteiger partial charge in [-0.1, -0.05) is 50.3 Å². The Labute approximate surface area is 224 Å². The summed E-state index contributed by atoms with van der Waals surface area (Å²) in [6, 6.07) is 6.97. The topological polar surface area (TPSA) is 125 Å². The van der Waals surface area contributed by atoms with E-state index < -0.39 is 35.5 Å². The lowest BCUT2D eigenvalue weighted by atomic mass is 9.94. The van der Waals surface area contributed by atoms with E-state index in [9.17, 15) is 24.0 Å². The Kier molecular flexibility index (Phi) is 10.2. The van der Waals surface area contributed by atoms with Gasteiger partial charge in [0, 0.05) is 19.4 Å². The summed E-state index contributed by atoms with van der Waals surface area (Å²) >= 11 is 0. The summed E-state index contributed by atoms with van der Waals surface area (Å²) in [5, 5.41) is 8.60. The monoisotopic (exact) mass is 524 g/mol. The van der Waals surface area contributed by atoms with Crippen molar-refractivity contribution in [3.05, 3.63) is 48.0 Å². The molecular formula is C29H40N4O5. The van der Waals surface area contributed by atoms with Gasteiger partial charge in [-0.15, -0.1) is 0 Å². The highest BCUT2D eigenvalue weighted by molar-refractivity contribution is 5.99. The lowest BCUT2D eigenvalue weighted by Crippen LogP contribution is -2.65. The first-order valence-corrected chi connectivity index (χ1v) is 13.7. The summed E-state index contributed by atoms with van der Waals surface area (Å²) < 4.78 is 0. The highest BCUT2D eigenvalue weighted by Gasteiger charge is 2.43. The SMILES string of the molecule is CCC(=O)/C=C/CCC[C@@H]1NC(=O)[C@H]2CCCN2C(=O)[C@H](Cc2ccccc2)NC(=O)[C@](C)(CC)NC1=O. The number of allylic oxidation sites excluding steroid dienone is 2. The standard InChI is InChI=1S/C29H40N4O5/c1-4-21(34)15-10-7-11-16-22-25(35)32-29(3,5-2)28(38)31-23(19-20-13-8-6-9-14-20)27(37)33-18-12-17-24(33)26(36)30-22/h6,8-10,13-15,22-24H,4-5,7,11-12,16-19H2,1-3H3,(H,30,36)(H,31,38)(H,32,35)/b15-10+/t22-,23-,24+,29-/m0/s1. The zero-order valence-corrected chi connectivity index (χ0v) is 22.6. The molecule has 0 saturated carbocycles. The van der Waals surface area contributed by atoms with E-state index in [-0.39, 0.29) is 24.0 Å². The van der Waals surface area contributed by atoms with Gasteiger partial charge < -0.3 is 20.9 Å². The molecule has 4 amide bonds. The smallest absolute Gasteiger partial charge is 0.246 e. The highest BCUT2D eigenvalue weighted by atomic mass is 16.2. The van der Waals surface area contributed by atoms with Gasteiger partial charge in [-0.2, -0.15) is 0 Å². The number of hydrogen-bond donors (Lipinski definition) is 3. The van der Waals surface area contributed by atoms with Crippen LogP contribution in [-0.4, -0.2) is 64.5 Å². The van der Waals surface area contributed by atoms with Gasteiger partial charge in [-0.25, -0.2) is 0 Å². The maximum absolute atomic E-state index is 13.7. The molecule has 0 radical (unpaired) electrons. The Hall–Kier alpha value is -3.49.